The minimum atomic E-state index is 0.865. The molecule has 54 heavy (non-hydrogen) atoms. The quantitative estimate of drug-likeness (QED) is 0.168. The number of fused-ring (bicyclic) bond motifs is 8. The van der Waals surface area contributed by atoms with Gasteiger partial charge in [0.25, 0.3) is 0 Å². The van der Waals surface area contributed by atoms with Crippen molar-refractivity contribution in [1.29, 1.82) is 0 Å². The molecule has 0 aliphatic carbocycles. The zero-order valence-electron chi connectivity index (χ0n) is 29.4. The van der Waals surface area contributed by atoms with Gasteiger partial charge in [0.2, 0.25) is 0 Å². The van der Waals surface area contributed by atoms with Crippen LogP contribution in [0.15, 0.2) is 205 Å². The van der Waals surface area contributed by atoms with Crippen molar-refractivity contribution in [1.82, 2.24) is 0 Å². The molecule has 0 atom stereocenters. The van der Waals surface area contributed by atoms with Crippen molar-refractivity contribution in [2.45, 2.75) is 0 Å². The van der Waals surface area contributed by atoms with E-state index in [0.29, 0.717) is 0 Å². The van der Waals surface area contributed by atoms with Gasteiger partial charge in [-0.15, -0.1) is 0 Å². The number of benzene rings is 10. The van der Waals surface area contributed by atoms with Crippen LogP contribution in [-0.2, 0) is 0 Å². The zero-order valence-corrected chi connectivity index (χ0v) is 29.4. The summed E-state index contributed by atoms with van der Waals surface area (Å²) in [5.41, 5.74) is 9.76. The number of rotatable bonds is 5. The SMILES string of the molecule is c1ccc(-c2ccc(N(c3cc(-c4cc5ccccc5c5ccccc45)cc4ccccc34)c3cccc4oc5cc6ccccc6cc5c34)cc2)cc1. The molecule has 0 aliphatic rings. The fourth-order valence-electron chi connectivity index (χ4n) is 8.44. The van der Waals surface area contributed by atoms with Crippen molar-refractivity contribution in [2.24, 2.45) is 0 Å². The first-order valence-electron chi connectivity index (χ1n) is 18.5. The summed E-state index contributed by atoms with van der Waals surface area (Å²) in [6.07, 6.45) is 0. The summed E-state index contributed by atoms with van der Waals surface area (Å²) in [7, 11) is 0. The van der Waals surface area contributed by atoms with Crippen molar-refractivity contribution in [2.75, 3.05) is 4.90 Å². The van der Waals surface area contributed by atoms with Gasteiger partial charge in [0.05, 0.1) is 16.8 Å². The molecular formula is C52H33NO. The second kappa shape index (κ2) is 12.2. The summed E-state index contributed by atoms with van der Waals surface area (Å²) in [6.45, 7) is 0. The smallest absolute Gasteiger partial charge is 0.137 e. The van der Waals surface area contributed by atoms with Crippen LogP contribution in [0.2, 0.25) is 0 Å². The Morgan fingerprint density at radius 1 is 0.315 bits per heavy atom. The molecular weight excluding hydrogens is 655 g/mol. The fourth-order valence-corrected chi connectivity index (χ4v) is 8.44. The second-order valence-corrected chi connectivity index (χ2v) is 14.1. The van der Waals surface area contributed by atoms with Gasteiger partial charge in [-0.05, 0) is 115 Å². The predicted octanol–water partition coefficient (Wildman–Crippen LogP) is 15.0. The maximum absolute atomic E-state index is 6.64. The van der Waals surface area contributed by atoms with Crippen molar-refractivity contribution in [3.63, 3.8) is 0 Å². The summed E-state index contributed by atoms with van der Waals surface area (Å²) in [6, 6.07) is 72.4. The molecule has 0 amide bonds. The van der Waals surface area contributed by atoms with Gasteiger partial charge in [-0.3, -0.25) is 0 Å². The Labute approximate surface area is 312 Å². The minimum Gasteiger partial charge on any atom is -0.456 e. The lowest BCUT2D eigenvalue weighted by Gasteiger charge is -2.28. The lowest BCUT2D eigenvalue weighted by molar-refractivity contribution is 0.669. The molecule has 10 aromatic carbocycles. The van der Waals surface area contributed by atoms with Crippen LogP contribution in [0.25, 0.3) is 87.3 Å². The zero-order chi connectivity index (χ0) is 35.6. The molecule has 11 rings (SSSR count). The van der Waals surface area contributed by atoms with Crippen LogP contribution in [0.1, 0.15) is 0 Å². The third-order valence-electron chi connectivity index (χ3n) is 11.0. The highest BCUT2D eigenvalue weighted by Gasteiger charge is 2.23. The van der Waals surface area contributed by atoms with E-state index in [4.69, 9.17) is 4.42 Å². The van der Waals surface area contributed by atoms with Crippen LogP contribution in [0, 0.1) is 0 Å². The molecule has 2 heteroatoms. The molecule has 1 heterocycles. The molecule has 0 fully saturated rings. The Morgan fingerprint density at radius 3 is 1.70 bits per heavy atom. The Balaban J connectivity index is 1.22. The van der Waals surface area contributed by atoms with Gasteiger partial charge in [-0.25, -0.2) is 0 Å². The topological polar surface area (TPSA) is 16.4 Å². The van der Waals surface area contributed by atoms with Crippen LogP contribution in [0.3, 0.4) is 0 Å². The van der Waals surface area contributed by atoms with Crippen LogP contribution in [0.5, 0.6) is 0 Å². The molecule has 0 radical (unpaired) electrons. The van der Waals surface area contributed by atoms with E-state index < -0.39 is 0 Å². The van der Waals surface area contributed by atoms with Gasteiger partial charge >= 0.3 is 0 Å². The van der Waals surface area contributed by atoms with E-state index in [1.807, 2.05) is 0 Å². The Bertz CT molecular complexity index is 3210. The lowest BCUT2D eigenvalue weighted by atomic mass is 9.91. The van der Waals surface area contributed by atoms with E-state index in [9.17, 15) is 0 Å². The van der Waals surface area contributed by atoms with E-state index >= 15 is 0 Å². The summed E-state index contributed by atoms with van der Waals surface area (Å²) < 4.78 is 6.64. The predicted molar refractivity (Wildman–Crippen MR) is 229 cm³/mol. The van der Waals surface area contributed by atoms with Gasteiger partial charge in [-0.1, -0.05) is 146 Å². The van der Waals surface area contributed by atoms with Gasteiger partial charge in [0, 0.05) is 16.5 Å². The average molecular weight is 688 g/mol. The third kappa shape index (κ3) is 4.88. The first-order valence-corrected chi connectivity index (χ1v) is 18.5. The summed E-state index contributed by atoms with van der Waals surface area (Å²) in [4.78, 5) is 2.44. The summed E-state index contributed by atoms with van der Waals surface area (Å²) in [5, 5.41) is 11.9. The van der Waals surface area contributed by atoms with Gasteiger partial charge in [0.15, 0.2) is 0 Å². The van der Waals surface area contributed by atoms with Gasteiger partial charge in [-0.2, -0.15) is 0 Å². The van der Waals surface area contributed by atoms with Crippen LogP contribution in [-0.4, -0.2) is 0 Å². The van der Waals surface area contributed by atoms with E-state index in [2.05, 4.69) is 205 Å². The first kappa shape index (κ1) is 30.5. The molecule has 0 unspecified atom stereocenters. The van der Waals surface area contributed by atoms with E-state index in [0.717, 1.165) is 39.0 Å². The Morgan fingerprint density at radius 2 is 0.926 bits per heavy atom. The van der Waals surface area contributed by atoms with Gasteiger partial charge in [0.1, 0.15) is 11.2 Å². The molecule has 0 saturated carbocycles. The highest BCUT2D eigenvalue weighted by molar-refractivity contribution is 6.18. The lowest BCUT2D eigenvalue weighted by Crippen LogP contribution is -2.11. The van der Waals surface area contributed by atoms with E-state index in [1.165, 1.54) is 65.3 Å². The molecule has 1 aromatic heterocycles. The number of furan rings is 1. The van der Waals surface area contributed by atoms with E-state index in [1.54, 1.807) is 0 Å². The van der Waals surface area contributed by atoms with E-state index in [-0.39, 0.29) is 0 Å². The molecule has 0 N–H and O–H groups in total. The molecule has 0 saturated heterocycles. The van der Waals surface area contributed by atoms with Crippen molar-refractivity contribution < 1.29 is 4.42 Å². The largest absolute Gasteiger partial charge is 0.456 e. The summed E-state index contributed by atoms with van der Waals surface area (Å²) >= 11 is 0. The molecule has 11 aromatic rings. The normalized spacial score (nSPS) is 11.7. The first-order chi connectivity index (χ1) is 26.8. The molecule has 0 aliphatic heterocycles. The van der Waals surface area contributed by atoms with Crippen LogP contribution >= 0.6 is 0 Å². The monoisotopic (exact) mass is 687 g/mol. The van der Waals surface area contributed by atoms with Crippen LogP contribution < -0.4 is 4.90 Å². The maximum Gasteiger partial charge on any atom is 0.137 e. The molecule has 0 spiro atoms. The third-order valence-corrected chi connectivity index (χ3v) is 11.0. The fraction of sp³-hybridized carbons (Fsp3) is 0. The van der Waals surface area contributed by atoms with Crippen molar-refractivity contribution in [3.8, 4) is 22.3 Å². The average Bonchev–Trinajstić information content (AvgIpc) is 3.61. The Kier molecular flexibility index (Phi) is 6.90. The number of nitrogens with zero attached hydrogens (tertiary/aromatic N) is 1. The number of anilines is 3. The summed E-state index contributed by atoms with van der Waals surface area (Å²) in [5.74, 6) is 0. The van der Waals surface area contributed by atoms with Crippen molar-refractivity contribution >= 4 is 82.1 Å². The number of hydrogen-bond acceptors (Lipinski definition) is 2. The molecule has 2 nitrogen and oxygen atoms in total. The maximum atomic E-state index is 6.64. The second-order valence-electron chi connectivity index (χ2n) is 14.1. The van der Waals surface area contributed by atoms with Gasteiger partial charge < -0.3 is 9.32 Å². The number of hydrogen-bond donors (Lipinski definition) is 0. The van der Waals surface area contributed by atoms with Crippen LogP contribution in [0.4, 0.5) is 17.1 Å². The van der Waals surface area contributed by atoms with Crippen molar-refractivity contribution in [3.05, 3.63) is 200 Å². The Hall–Kier alpha value is -7.16. The standard InChI is InChI=1S/C52H33NO/c1-2-13-34(14-3-1)35-25-27-41(28-26-35)53(48-23-12-24-50-52(48)47-30-36-15-4-5-16-37(36)33-51(47)54-50)49-32-40(29-38-17-7-9-20-43(38)49)46-31-39-18-6-8-19-42(39)44-21-10-11-22-45(44)46/h1-33H. The highest BCUT2D eigenvalue weighted by atomic mass is 16.3. The minimum absolute atomic E-state index is 0.865. The highest BCUT2D eigenvalue weighted by Crippen LogP contribution is 2.48. The molecule has 252 valence electrons. The molecule has 0 bridgehead atoms.